The average Bonchev–Trinajstić information content (AvgIpc) is 2.93. The molecule has 0 aliphatic carbocycles. The van der Waals surface area contributed by atoms with Crippen LogP contribution in [-0.4, -0.2) is 39.3 Å². The Morgan fingerprint density at radius 3 is 2.62 bits per heavy atom. The molecule has 0 spiro atoms. The summed E-state index contributed by atoms with van der Waals surface area (Å²) in [5.74, 6) is -0.970. The van der Waals surface area contributed by atoms with Crippen molar-refractivity contribution >= 4 is 17.7 Å². The molecule has 2 rings (SSSR count). The number of aromatic nitrogens is 1. The van der Waals surface area contributed by atoms with Crippen LogP contribution < -0.4 is 10.6 Å². The Labute approximate surface area is 138 Å². The van der Waals surface area contributed by atoms with Crippen LogP contribution >= 0.6 is 0 Å². The van der Waals surface area contributed by atoms with Crippen molar-refractivity contribution < 1.29 is 24.2 Å². The molecule has 2 amide bonds. The number of nitrogens with one attached hydrogen (secondary N) is 2. The van der Waals surface area contributed by atoms with Crippen molar-refractivity contribution in [1.29, 1.82) is 0 Å². The van der Waals surface area contributed by atoms with E-state index >= 15 is 0 Å². The summed E-state index contributed by atoms with van der Waals surface area (Å²) >= 11 is 0. The standard InChI is InChI=1S/C16H19N3O5/c1-9-4-5-11(6-12(9)13-18-10(2)7-24-13)19-15(22)17-8-16(3,23)14(20)21/h4-7,23H,8H2,1-3H3,(H,20,21)(H2,17,19,22). The summed E-state index contributed by atoms with van der Waals surface area (Å²) < 4.78 is 5.37. The molecule has 0 aliphatic rings. The molecule has 0 saturated heterocycles. The van der Waals surface area contributed by atoms with Crippen molar-refractivity contribution in [2.45, 2.75) is 26.4 Å². The van der Waals surface area contributed by atoms with Gasteiger partial charge in [0.05, 0.1) is 12.2 Å². The van der Waals surface area contributed by atoms with E-state index in [1.807, 2.05) is 13.8 Å². The van der Waals surface area contributed by atoms with E-state index in [2.05, 4.69) is 15.6 Å². The first-order valence-electron chi connectivity index (χ1n) is 7.23. The molecule has 0 bridgehead atoms. The number of carbonyl (C=O) groups is 2. The molecule has 1 aromatic carbocycles. The predicted molar refractivity (Wildman–Crippen MR) is 86.7 cm³/mol. The maximum absolute atomic E-state index is 11.9. The largest absolute Gasteiger partial charge is 0.479 e. The van der Waals surface area contributed by atoms with Crippen molar-refractivity contribution in [3.05, 3.63) is 35.7 Å². The summed E-state index contributed by atoms with van der Waals surface area (Å²) in [4.78, 5) is 26.9. The minimum absolute atomic E-state index is 0.425. The lowest BCUT2D eigenvalue weighted by atomic mass is 10.1. The number of anilines is 1. The van der Waals surface area contributed by atoms with Crippen LogP contribution in [0.2, 0.25) is 0 Å². The molecule has 8 nitrogen and oxygen atoms in total. The number of benzene rings is 1. The Hall–Kier alpha value is -2.87. The Kier molecular flexibility index (Phi) is 4.89. The van der Waals surface area contributed by atoms with Gasteiger partial charge in [0.15, 0.2) is 5.60 Å². The van der Waals surface area contributed by atoms with Crippen LogP contribution in [0.4, 0.5) is 10.5 Å². The van der Waals surface area contributed by atoms with E-state index in [9.17, 15) is 14.7 Å². The number of carboxylic acid groups (broad SMARTS) is 1. The van der Waals surface area contributed by atoms with Crippen molar-refractivity contribution in [3.63, 3.8) is 0 Å². The van der Waals surface area contributed by atoms with Crippen LogP contribution in [0.25, 0.3) is 11.5 Å². The van der Waals surface area contributed by atoms with Gasteiger partial charge in [0.25, 0.3) is 0 Å². The molecule has 24 heavy (non-hydrogen) atoms. The highest BCUT2D eigenvalue weighted by Gasteiger charge is 2.30. The van der Waals surface area contributed by atoms with Gasteiger partial charge in [-0.1, -0.05) is 6.07 Å². The predicted octanol–water partition coefficient (Wildman–Crippen LogP) is 1.92. The molecule has 8 heteroatoms. The molecule has 0 aliphatic heterocycles. The van der Waals surface area contributed by atoms with Crippen molar-refractivity contribution in [2.24, 2.45) is 0 Å². The quantitative estimate of drug-likeness (QED) is 0.662. The molecule has 0 radical (unpaired) electrons. The van der Waals surface area contributed by atoms with Crippen LogP contribution in [-0.2, 0) is 4.79 Å². The summed E-state index contributed by atoms with van der Waals surface area (Å²) in [6.07, 6.45) is 1.54. The number of carbonyl (C=O) groups excluding carboxylic acids is 1. The van der Waals surface area contributed by atoms with Gasteiger partial charge >= 0.3 is 12.0 Å². The third kappa shape index (κ3) is 4.11. The Morgan fingerprint density at radius 2 is 2.04 bits per heavy atom. The molecule has 1 heterocycles. The lowest BCUT2D eigenvalue weighted by molar-refractivity contribution is -0.155. The molecule has 2 aromatic rings. The number of hydrogen-bond acceptors (Lipinski definition) is 5. The lowest BCUT2D eigenvalue weighted by Crippen LogP contribution is -2.47. The number of hydrogen-bond donors (Lipinski definition) is 4. The van der Waals surface area contributed by atoms with Gasteiger partial charge in [-0.15, -0.1) is 0 Å². The third-order valence-corrected chi connectivity index (χ3v) is 3.40. The zero-order chi connectivity index (χ0) is 17.9. The Balaban J connectivity index is 2.08. The molecule has 0 fully saturated rings. The number of aliphatic hydroxyl groups is 1. The molecule has 4 N–H and O–H groups in total. The van der Waals surface area contributed by atoms with Gasteiger partial charge in [-0.3, -0.25) is 0 Å². The normalized spacial score (nSPS) is 13.2. The van der Waals surface area contributed by atoms with Gasteiger partial charge in [-0.2, -0.15) is 0 Å². The summed E-state index contributed by atoms with van der Waals surface area (Å²) in [6, 6.07) is 4.58. The van der Waals surface area contributed by atoms with Gasteiger partial charge in [-0.05, 0) is 38.5 Å². The van der Waals surface area contributed by atoms with E-state index in [4.69, 9.17) is 9.52 Å². The highest BCUT2D eigenvalue weighted by molar-refractivity contribution is 5.90. The van der Waals surface area contributed by atoms with Crippen LogP contribution in [0, 0.1) is 13.8 Å². The summed E-state index contributed by atoms with van der Waals surface area (Å²) in [7, 11) is 0. The molecule has 1 unspecified atom stereocenters. The SMILES string of the molecule is Cc1coc(-c2cc(NC(=O)NCC(C)(O)C(=O)O)ccc2C)n1. The highest BCUT2D eigenvalue weighted by atomic mass is 16.4. The fourth-order valence-electron chi connectivity index (χ4n) is 1.91. The second-order valence-corrected chi connectivity index (χ2v) is 5.71. The number of urea groups is 1. The Morgan fingerprint density at radius 1 is 1.33 bits per heavy atom. The van der Waals surface area contributed by atoms with Crippen molar-refractivity contribution in [1.82, 2.24) is 10.3 Å². The van der Waals surface area contributed by atoms with Crippen molar-refractivity contribution in [2.75, 3.05) is 11.9 Å². The maximum Gasteiger partial charge on any atom is 0.337 e. The van der Waals surface area contributed by atoms with E-state index in [1.165, 1.54) is 6.26 Å². The van der Waals surface area contributed by atoms with E-state index in [0.29, 0.717) is 11.6 Å². The van der Waals surface area contributed by atoms with Gasteiger partial charge in [0.1, 0.15) is 6.26 Å². The molecular weight excluding hydrogens is 314 g/mol. The zero-order valence-corrected chi connectivity index (χ0v) is 13.6. The fourth-order valence-corrected chi connectivity index (χ4v) is 1.91. The minimum Gasteiger partial charge on any atom is -0.479 e. The average molecular weight is 333 g/mol. The minimum atomic E-state index is -2.04. The molecule has 128 valence electrons. The van der Waals surface area contributed by atoms with Gasteiger partial charge in [0, 0.05) is 11.3 Å². The highest BCUT2D eigenvalue weighted by Crippen LogP contribution is 2.26. The van der Waals surface area contributed by atoms with E-state index in [0.717, 1.165) is 23.7 Å². The first-order chi connectivity index (χ1) is 11.2. The Bertz CT molecular complexity index is 767. The number of oxazole rings is 1. The van der Waals surface area contributed by atoms with E-state index < -0.39 is 24.1 Å². The molecular formula is C16H19N3O5. The van der Waals surface area contributed by atoms with Crippen LogP contribution in [0.15, 0.2) is 28.9 Å². The van der Waals surface area contributed by atoms with Gasteiger partial charge in [0.2, 0.25) is 5.89 Å². The first-order valence-corrected chi connectivity index (χ1v) is 7.23. The number of aryl methyl sites for hydroxylation is 2. The fraction of sp³-hybridized carbons (Fsp3) is 0.312. The smallest absolute Gasteiger partial charge is 0.337 e. The van der Waals surface area contributed by atoms with Gasteiger partial charge < -0.3 is 25.3 Å². The number of aliphatic carboxylic acids is 1. The molecule has 0 saturated carbocycles. The molecule has 1 aromatic heterocycles. The van der Waals surface area contributed by atoms with E-state index in [1.54, 1.807) is 18.2 Å². The number of nitrogens with zero attached hydrogens (tertiary/aromatic N) is 1. The third-order valence-electron chi connectivity index (χ3n) is 3.40. The number of rotatable bonds is 5. The summed E-state index contributed by atoms with van der Waals surface area (Å²) in [6.45, 7) is 4.38. The monoisotopic (exact) mass is 333 g/mol. The summed E-state index contributed by atoms with van der Waals surface area (Å²) in [5, 5.41) is 23.3. The van der Waals surface area contributed by atoms with Crippen LogP contribution in [0.1, 0.15) is 18.2 Å². The summed E-state index contributed by atoms with van der Waals surface area (Å²) in [5.41, 5.74) is 0.858. The number of amides is 2. The second-order valence-electron chi connectivity index (χ2n) is 5.71. The number of carboxylic acids is 1. The topological polar surface area (TPSA) is 125 Å². The molecule has 1 atom stereocenters. The van der Waals surface area contributed by atoms with Gasteiger partial charge in [-0.25, -0.2) is 14.6 Å². The maximum atomic E-state index is 11.9. The lowest BCUT2D eigenvalue weighted by Gasteiger charge is -2.18. The van der Waals surface area contributed by atoms with Crippen LogP contribution in [0.5, 0.6) is 0 Å². The zero-order valence-electron chi connectivity index (χ0n) is 13.6. The van der Waals surface area contributed by atoms with Crippen LogP contribution in [0.3, 0.4) is 0 Å². The first kappa shape index (κ1) is 17.5. The second kappa shape index (κ2) is 6.71. The van der Waals surface area contributed by atoms with Crippen molar-refractivity contribution in [3.8, 4) is 11.5 Å². The van der Waals surface area contributed by atoms with E-state index in [-0.39, 0.29) is 0 Å².